The quantitative estimate of drug-likeness (QED) is 0.731. The van der Waals surface area contributed by atoms with Crippen LogP contribution >= 0.6 is 15.9 Å². The van der Waals surface area contributed by atoms with Gasteiger partial charge in [0, 0.05) is 5.92 Å². The molecule has 2 rings (SSSR count). The van der Waals surface area contributed by atoms with Crippen LogP contribution in [0, 0.1) is 5.92 Å². The Balaban J connectivity index is 2.19. The Hall–Kier alpha value is 0.317. The van der Waals surface area contributed by atoms with Crippen LogP contribution in [0.15, 0.2) is 10.6 Å². The Labute approximate surface area is 113 Å². The number of hydrogen-bond donors (Lipinski definition) is 0. The maximum absolute atomic E-state index is 6.24. The maximum atomic E-state index is 6.24. The number of hydrogen-bond acceptors (Lipinski definition) is 3. The van der Waals surface area contributed by atoms with Crippen LogP contribution < -0.4 is 0 Å². The minimum absolute atomic E-state index is 0.195. The van der Waals surface area contributed by atoms with Crippen molar-refractivity contribution < 1.29 is 13.9 Å². The van der Waals surface area contributed by atoms with E-state index in [0.29, 0.717) is 13.2 Å². The molecule has 0 aromatic rings. The minimum Gasteiger partial charge on any atom is -0.414 e. The second kappa shape index (κ2) is 4.77. The van der Waals surface area contributed by atoms with Gasteiger partial charge in [0.2, 0.25) is 5.79 Å². The topological polar surface area (TPSA) is 27.7 Å². The molecule has 0 N–H and O–H groups in total. The Morgan fingerprint density at radius 2 is 1.94 bits per heavy atom. The predicted molar refractivity (Wildman–Crippen MR) is 73.6 cm³/mol. The molecule has 17 heavy (non-hydrogen) atoms. The van der Waals surface area contributed by atoms with Crippen LogP contribution in [0.5, 0.6) is 0 Å². The second-order valence-corrected chi connectivity index (χ2v) is 11.0. The summed E-state index contributed by atoms with van der Waals surface area (Å²) >= 11 is 3.59. The average Bonchev–Trinajstić information content (AvgIpc) is 2.69. The summed E-state index contributed by atoms with van der Waals surface area (Å²) in [5.41, 5.74) is 0. The SMILES string of the molecule is C[C@H]1[C@@H](O[Si](C)(C)C)CC=C(Br)C12OCCO2. The molecule has 3 nitrogen and oxygen atoms in total. The van der Waals surface area contributed by atoms with Gasteiger partial charge in [-0.15, -0.1) is 0 Å². The third-order valence-corrected chi connectivity index (χ3v) is 5.13. The highest BCUT2D eigenvalue weighted by Gasteiger charge is 2.50. The van der Waals surface area contributed by atoms with Crippen molar-refractivity contribution in [3.63, 3.8) is 0 Å². The zero-order valence-corrected chi connectivity index (χ0v) is 13.5. The van der Waals surface area contributed by atoms with E-state index in [0.717, 1.165) is 10.9 Å². The van der Waals surface area contributed by atoms with E-state index in [-0.39, 0.29) is 12.0 Å². The van der Waals surface area contributed by atoms with Crippen molar-refractivity contribution in [1.82, 2.24) is 0 Å². The highest BCUT2D eigenvalue weighted by atomic mass is 79.9. The molecule has 0 saturated carbocycles. The molecule has 1 saturated heterocycles. The first-order valence-corrected chi connectivity index (χ1v) is 10.4. The Kier molecular flexibility index (Phi) is 3.86. The van der Waals surface area contributed by atoms with Crippen molar-refractivity contribution in [3.05, 3.63) is 10.6 Å². The van der Waals surface area contributed by atoms with Gasteiger partial charge in [0.25, 0.3) is 0 Å². The van der Waals surface area contributed by atoms with Crippen molar-refractivity contribution in [2.45, 2.75) is 44.9 Å². The average molecular weight is 321 g/mol. The fourth-order valence-corrected chi connectivity index (χ4v) is 4.45. The van der Waals surface area contributed by atoms with Crippen molar-refractivity contribution in [1.29, 1.82) is 0 Å². The van der Waals surface area contributed by atoms with E-state index in [4.69, 9.17) is 13.9 Å². The molecule has 0 bridgehead atoms. The van der Waals surface area contributed by atoms with Crippen LogP contribution in [0.1, 0.15) is 13.3 Å². The number of rotatable bonds is 2. The monoisotopic (exact) mass is 320 g/mol. The third-order valence-electron chi connectivity index (χ3n) is 3.24. The van der Waals surface area contributed by atoms with Crippen LogP contribution in [-0.2, 0) is 13.9 Å². The van der Waals surface area contributed by atoms with Crippen LogP contribution in [0.3, 0.4) is 0 Å². The molecule has 0 aromatic carbocycles. The fourth-order valence-electron chi connectivity index (χ4n) is 2.46. The molecule has 0 aromatic heterocycles. The summed E-state index contributed by atoms with van der Waals surface area (Å²) in [4.78, 5) is 0. The van der Waals surface area contributed by atoms with E-state index in [2.05, 4.69) is 48.6 Å². The lowest BCUT2D eigenvalue weighted by atomic mass is 9.87. The summed E-state index contributed by atoms with van der Waals surface area (Å²) in [6, 6.07) is 0. The maximum Gasteiger partial charge on any atom is 0.206 e. The highest BCUT2D eigenvalue weighted by Crippen LogP contribution is 2.45. The highest BCUT2D eigenvalue weighted by molar-refractivity contribution is 9.11. The summed E-state index contributed by atoms with van der Waals surface area (Å²) in [6.07, 6.45) is 3.26. The van der Waals surface area contributed by atoms with Gasteiger partial charge < -0.3 is 13.9 Å². The molecular formula is C12H21BrO3Si. The molecule has 2 aliphatic rings. The smallest absolute Gasteiger partial charge is 0.206 e. The molecule has 0 unspecified atom stereocenters. The standard InChI is InChI=1S/C12H21BrO3Si/c1-9-10(16-17(2,3)4)5-6-11(13)12(9)14-7-8-15-12/h6,9-10H,5,7-8H2,1-4H3/t9-,10-/m0/s1. The first-order valence-electron chi connectivity index (χ1n) is 6.17. The molecule has 0 amide bonds. The van der Waals surface area contributed by atoms with Crippen LogP contribution in [-0.4, -0.2) is 33.4 Å². The molecule has 1 aliphatic carbocycles. The molecular weight excluding hydrogens is 300 g/mol. The molecule has 1 heterocycles. The Bertz CT molecular complexity index is 318. The molecule has 2 atom stereocenters. The lowest BCUT2D eigenvalue weighted by molar-refractivity contribution is -0.180. The Morgan fingerprint density at radius 1 is 1.35 bits per heavy atom. The van der Waals surface area contributed by atoms with Crippen LogP contribution in [0.2, 0.25) is 19.6 Å². The number of halogens is 1. The molecule has 1 aliphatic heterocycles. The van der Waals surface area contributed by atoms with Gasteiger partial charge in [0.1, 0.15) is 0 Å². The van der Waals surface area contributed by atoms with Gasteiger partial charge in [-0.25, -0.2) is 0 Å². The van der Waals surface area contributed by atoms with Gasteiger partial charge in [-0.1, -0.05) is 28.9 Å². The summed E-state index contributed by atoms with van der Waals surface area (Å²) in [5.74, 6) is -0.376. The Morgan fingerprint density at radius 3 is 2.47 bits per heavy atom. The van der Waals surface area contributed by atoms with E-state index in [1.807, 2.05) is 0 Å². The van der Waals surface area contributed by atoms with E-state index >= 15 is 0 Å². The van der Waals surface area contributed by atoms with E-state index in [1.165, 1.54) is 0 Å². The molecule has 1 spiro atoms. The molecule has 1 fully saturated rings. The molecule has 98 valence electrons. The van der Waals surface area contributed by atoms with Crippen LogP contribution in [0.4, 0.5) is 0 Å². The summed E-state index contributed by atoms with van der Waals surface area (Å²) in [7, 11) is -1.53. The first kappa shape index (κ1) is 13.7. The third kappa shape index (κ3) is 2.68. The van der Waals surface area contributed by atoms with Gasteiger partial charge >= 0.3 is 0 Å². The normalized spacial score (nSPS) is 32.9. The van der Waals surface area contributed by atoms with Gasteiger partial charge in [0.15, 0.2) is 8.32 Å². The minimum atomic E-state index is -1.53. The summed E-state index contributed by atoms with van der Waals surface area (Å²) in [6.45, 7) is 10.1. The van der Waals surface area contributed by atoms with Gasteiger partial charge in [-0.05, 0) is 26.1 Å². The van der Waals surface area contributed by atoms with Gasteiger partial charge in [0.05, 0.1) is 23.8 Å². The van der Waals surface area contributed by atoms with Crippen molar-refractivity contribution in [3.8, 4) is 0 Å². The van der Waals surface area contributed by atoms with Gasteiger partial charge in [-0.3, -0.25) is 0 Å². The lowest BCUT2D eigenvalue weighted by Gasteiger charge is -2.42. The zero-order chi connectivity index (χ0) is 12.7. The number of ether oxygens (including phenoxy) is 2. The summed E-state index contributed by atoms with van der Waals surface area (Å²) < 4.78 is 19.0. The van der Waals surface area contributed by atoms with Crippen molar-refractivity contribution in [2.75, 3.05) is 13.2 Å². The second-order valence-electron chi connectivity index (χ2n) is 5.71. The van der Waals surface area contributed by atoms with Crippen molar-refractivity contribution in [2.24, 2.45) is 5.92 Å². The van der Waals surface area contributed by atoms with E-state index < -0.39 is 14.1 Å². The largest absolute Gasteiger partial charge is 0.414 e. The predicted octanol–water partition coefficient (Wildman–Crippen LogP) is 3.27. The van der Waals surface area contributed by atoms with Crippen LogP contribution in [0.25, 0.3) is 0 Å². The van der Waals surface area contributed by atoms with Gasteiger partial charge in [-0.2, -0.15) is 0 Å². The fraction of sp³-hybridized carbons (Fsp3) is 0.833. The zero-order valence-electron chi connectivity index (χ0n) is 11.0. The van der Waals surface area contributed by atoms with Crippen molar-refractivity contribution >= 4 is 24.2 Å². The molecule has 5 heteroatoms. The van der Waals surface area contributed by atoms with E-state index in [1.54, 1.807) is 0 Å². The summed E-state index contributed by atoms with van der Waals surface area (Å²) in [5, 5.41) is 0. The molecule has 0 radical (unpaired) electrons. The lowest BCUT2D eigenvalue weighted by Crippen LogP contribution is -2.50. The first-order chi connectivity index (χ1) is 7.85. The van der Waals surface area contributed by atoms with E-state index in [9.17, 15) is 0 Å².